The Bertz CT molecular complexity index is 579. The van der Waals surface area contributed by atoms with E-state index in [1.54, 1.807) is 35.8 Å². The number of sulfone groups is 1. The zero-order valence-electron chi connectivity index (χ0n) is 9.56. The molecule has 0 spiro atoms. The van der Waals surface area contributed by atoms with Crippen molar-refractivity contribution in [1.29, 1.82) is 0 Å². The Morgan fingerprint density at radius 1 is 1.28 bits per heavy atom. The van der Waals surface area contributed by atoms with Crippen LogP contribution in [0.5, 0.6) is 0 Å². The van der Waals surface area contributed by atoms with Gasteiger partial charge in [0.25, 0.3) is 0 Å². The van der Waals surface area contributed by atoms with Gasteiger partial charge in [0.05, 0.1) is 11.9 Å². The lowest BCUT2D eigenvalue weighted by molar-refractivity contribution is 0.201. The highest BCUT2D eigenvalue weighted by atomic mass is 32.2. The van der Waals surface area contributed by atoms with Crippen LogP contribution in [0.25, 0.3) is 0 Å². The van der Waals surface area contributed by atoms with Gasteiger partial charge in [-0.15, -0.1) is 11.3 Å². The molecule has 0 aliphatic heterocycles. The first kappa shape index (κ1) is 13.2. The lowest BCUT2D eigenvalue weighted by Gasteiger charge is -2.10. The molecule has 1 aromatic heterocycles. The van der Waals surface area contributed by atoms with E-state index in [2.05, 4.69) is 4.98 Å². The third-order valence-corrected chi connectivity index (χ3v) is 4.92. The molecule has 1 atom stereocenters. The summed E-state index contributed by atoms with van der Waals surface area (Å²) in [5.74, 6) is -0.398. The normalized spacial score (nSPS) is 13.4. The summed E-state index contributed by atoms with van der Waals surface area (Å²) >= 11 is 1.30. The molecule has 18 heavy (non-hydrogen) atoms. The fourth-order valence-electron chi connectivity index (χ4n) is 1.58. The maximum atomic E-state index is 11.9. The molecule has 0 saturated heterocycles. The van der Waals surface area contributed by atoms with Crippen molar-refractivity contribution in [2.75, 3.05) is 5.75 Å². The lowest BCUT2D eigenvalue weighted by Crippen LogP contribution is -2.16. The third-order valence-electron chi connectivity index (χ3n) is 2.42. The zero-order valence-corrected chi connectivity index (χ0v) is 11.2. The highest BCUT2D eigenvalue weighted by Gasteiger charge is 2.20. The van der Waals surface area contributed by atoms with Crippen molar-refractivity contribution in [1.82, 2.24) is 4.98 Å². The summed E-state index contributed by atoms with van der Waals surface area (Å²) in [6.45, 7) is 0. The van der Waals surface area contributed by atoms with Gasteiger partial charge in [-0.05, 0) is 5.56 Å². The minimum Gasteiger partial charge on any atom is -0.387 e. The second kappa shape index (κ2) is 5.60. The van der Waals surface area contributed by atoms with E-state index in [0.717, 1.165) is 0 Å². The van der Waals surface area contributed by atoms with Crippen LogP contribution in [0, 0.1) is 0 Å². The number of benzene rings is 1. The van der Waals surface area contributed by atoms with Crippen LogP contribution in [0.2, 0.25) is 0 Å². The number of aliphatic hydroxyl groups excluding tert-OH is 1. The maximum absolute atomic E-state index is 11.9. The van der Waals surface area contributed by atoms with Gasteiger partial charge in [0.15, 0.2) is 9.84 Å². The Kier molecular flexibility index (Phi) is 4.11. The number of hydrogen-bond donors (Lipinski definition) is 1. The van der Waals surface area contributed by atoms with Crippen LogP contribution in [-0.2, 0) is 15.6 Å². The molecule has 0 radical (unpaired) electrons. The second-order valence-corrected chi connectivity index (χ2v) is 7.00. The Morgan fingerprint density at radius 3 is 2.61 bits per heavy atom. The standard InChI is InChI=1S/C12H13NO3S2/c14-11(10-4-2-1-3-5-10)8-18(15,16)9-12-13-6-7-17-12/h1-7,11,14H,8-9H2. The summed E-state index contributed by atoms with van der Waals surface area (Å²) in [5.41, 5.74) is 0.611. The average Bonchev–Trinajstić information content (AvgIpc) is 2.81. The molecule has 0 aliphatic carbocycles. The van der Waals surface area contributed by atoms with E-state index < -0.39 is 15.9 Å². The van der Waals surface area contributed by atoms with Gasteiger partial charge in [-0.25, -0.2) is 13.4 Å². The van der Waals surface area contributed by atoms with Crippen molar-refractivity contribution in [3.05, 3.63) is 52.5 Å². The van der Waals surface area contributed by atoms with Gasteiger partial charge in [-0.1, -0.05) is 30.3 Å². The predicted molar refractivity (Wildman–Crippen MR) is 71.0 cm³/mol. The molecule has 2 rings (SSSR count). The quantitative estimate of drug-likeness (QED) is 0.908. The molecule has 96 valence electrons. The Balaban J connectivity index is 2.04. The first-order valence-corrected chi connectivity index (χ1v) is 8.09. The van der Waals surface area contributed by atoms with Gasteiger partial charge >= 0.3 is 0 Å². The topological polar surface area (TPSA) is 67.3 Å². The monoisotopic (exact) mass is 283 g/mol. The largest absolute Gasteiger partial charge is 0.387 e. The van der Waals surface area contributed by atoms with Crippen molar-refractivity contribution in [3.8, 4) is 0 Å². The fraction of sp³-hybridized carbons (Fsp3) is 0.250. The van der Waals surface area contributed by atoms with Crippen molar-refractivity contribution in [3.63, 3.8) is 0 Å². The van der Waals surface area contributed by atoms with Gasteiger partial charge in [0, 0.05) is 11.6 Å². The number of rotatable bonds is 5. The van der Waals surface area contributed by atoms with Crippen LogP contribution in [0.1, 0.15) is 16.7 Å². The molecular formula is C12H13NO3S2. The SMILES string of the molecule is O=S(=O)(Cc1nccs1)CC(O)c1ccccc1. The van der Waals surface area contributed by atoms with Crippen LogP contribution in [0.3, 0.4) is 0 Å². The van der Waals surface area contributed by atoms with Gasteiger partial charge in [-0.3, -0.25) is 0 Å². The molecule has 2 aromatic rings. The molecule has 4 nitrogen and oxygen atoms in total. The van der Waals surface area contributed by atoms with E-state index >= 15 is 0 Å². The number of aliphatic hydroxyl groups is 1. The maximum Gasteiger partial charge on any atom is 0.159 e. The van der Waals surface area contributed by atoms with Crippen LogP contribution >= 0.6 is 11.3 Å². The van der Waals surface area contributed by atoms with Gasteiger partial charge in [-0.2, -0.15) is 0 Å². The van der Waals surface area contributed by atoms with Crippen molar-refractivity contribution in [2.45, 2.75) is 11.9 Å². The molecule has 0 amide bonds. The Morgan fingerprint density at radius 2 is 2.00 bits per heavy atom. The molecule has 0 saturated carbocycles. The summed E-state index contributed by atoms with van der Waals surface area (Å²) in [4.78, 5) is 3.94. The van der Waals surface area contributed by atoms with Crippen LogP contribution in [-0.4, -0.2) is 24.3 Å². The smallest absolute Gasteiger partial charge is 0.159 e. The van der Waals surface area contributed by atoms with Crippen molar-refractivity contribution in [2.24, 2.45) is 0 Å². The number of nitrogens with zero attached hydrogens (tertiary/aromatic N) is 1. The Hall–Kier alpha value is -1.24. The molecular weight excluding hydrogens is 270 g/mol. The van der Waals surface area contributed by atoms with Gasteiger partial charge in [0.2, 0.25) is 0 Å². The van der Waals surface area contributed by atoms with E-state index in [0.29, 0.717) is 10.6 Å². The lowest BCUT2D eigenvalue weighted by atomic mass is 10.1. The van der Waals surface area contributed by atoms with E-state index in [1.165, 1.54) is 11.3 Å². The summed E-state index contributed by atoms with van der Waals surface area (Å²) in [6.07, 6.45) is 0.583. The summed E-state index contributed by atoms with van der Waals surface area (Å²) in [5, 5.41) is 12.2. The second-order valence-electron chi connectivity index (χ2n) is 3.91. The minimum atomic E-state index is -3.35. The van der Waals surface area contributed by atoms with E-state index in [4.69, 9.17) is 0 Å². The van der Waals surface area contributed by atoms with Crippen LogP contribution < -0.4 is 0 Å². The zero-order chi connectivity index (χ0) is 13.0. The summed E-state index contributed by atoms with van der Waals surface area (Å²) in [6, 6.07) is 8.78. The predicted octanol–water partition coefficient (Wildman–Crippen LogP) is 1.79. The Labute approximate surface area is 110 Å². The highest BCUT2D eigenvalue weighted by Crippen LogP contribution is 2.17. The average molecular weight is 283 g/mol. The number of hydrogen-bond acceptors (Lipinski definition) is 5. The summed E-state index contributed by atoms with van der Waals surface area (Å²) in [7, 11) is -3.35. The third kappa shape index (κ3) is 3.63. The number of aromatic nitrogens is 1. The van der Waals surface area contributed by atoms with Gasteiger partial charge < -0.3 is 5.11 Å². The fourth-order valence-corrected chi connectivity index (χ4v) is 4.04. The van der Waals surface area contributed by atoms with Crippen molar-refractivity contribution < 1.29 is 13.5 Å². The molecule has 1 heterocycles. The van der Waals surface area contributed by atoms with E-state index in [-0.39, 0.29) is 11.5 Å². The molecule has 0 bridgehead atoms. The molecule has 0 fully saturated rings. The highest BCUT2D eigenvalue weighted by molar-refractivity contribution is 7.90. The van der Waals surface area contributed by atoms with Crippen LogP contribution in [0.4, 0.5) is 0 Å². The molecule has 0 aliphatic rings. The van der Waals surface area contributed by atoms with E-state index in [9.17, 15) is 13.5 Å². The number of thiazole rings is 1. The van der Waals surface area contributed by atoms with Crippen LogP contribution in [0.15, 0.2) is 41.9 Å². The van der Waals surface area contributed by atoms with E-state index in [1.807, 2.05) is 6.07 Å². The first-order chi connectivity index (χ1) is 8.57. The molecule has 1 N–H and O–H groups in total. The first-order valence-electron chi connectivity index (χ1n) is 5.39. The molecule has 1 aromatic carbocycles. The van der Waals surface area contributed by atoms with Gasteiger partial charge in [0.1, 0.15) is 10.8 Å². The minimum absolute atomic E-state index is 0.117. The molecule has 1 unspecified atom stereocenters. The summed E-state index contributed by atoms with van der Waals surface area (Å²) < 4.78 is 23.8. The van der Waals surface area contributed by atoms with Crippen molar-refractivity contribution >= 4 is 21.2 Å². The molecule has 6 heteroatoms.